The normalized spacial score (nSPS) is 11.4. The lowest BCUT2D eigenvalue weighted by Crippen LogP contribution is -2.14. The van der Waals surface area contributed by atoms with Crippen LogP contribution in [0.15, 0.2) is 59.5 Å². The van der Waals surface area contributed by atoms with Crippen LogP contribution in [0.4, 0.5) is 0 Å². The first-order valence-electron chi connectivity index (χ1n) is 10.00. The average Bonchev–Trinajstić information content (AvgIpc) is 3.13. The van der Waals surface area contributed by atoms with E-state index >= 15 is 0 Å². The van der Waals surface area contributed by atoms with Gasteiger partial charge in [0.15, 0.2) is 0 Å². The van der Waals surface area contributed by atoms with Crippen molar-refractivity contribution in [2.24, 2.45) is 0 Å². The van der Waals surface area contributed by atoms with Crippen LogP contribution in [0.25, 0.3) is 22.0 Å². The molecule has 1 heterocycles. The highest BCUT2D eigenvalue weighted by Gasteiger charge is 2.31. The number of halogens is 1. The third-order valence-corrected chi connectivity index (χ3v) is 7.48. The fourth-order valence-electron chi connectivity index (χ4n) is 3.85. The van der Waals surface area contributed by atoms with Gasteiger partial charge in [0, 0.05) is 23.1 Å². The van der Waals surface area contributed by atoms with Crippen LogP contribution >= 0.6 is 11.6 Å². The number of hydrogen-bond acceptors (Lipinski definition) is 7. The monoisotopic (exact) mass is 503 g/mol. The second kappa shape index (κ2) is 9.00. The van der Waals surface area contributed by atoms with E-state index in [1.54, 1.807) is 30.3 Å². The van der Waals surface area contributed by atoms with Crippen molar-refractivity contribution in [2.45, 2.75) is 4.90 Å². The van der Waals surface area contributed by atoms with Crippen LogP contribution < -0.4 is 18.9 Å². The van der Waals surface area contributed by atoms with Gasteiger partial charge in [-0.25, -0.2) is 12.4 Å². The minimum Gasteiger partial charge on any atom is -0.497 e. The molecule has 10 heteroatoms. The lowest BCUT2D eigenvalue weighted by atomic mass is 10.0. The van der Waals surface area contributed by atoms with Crippen LogP contribution in [0.1, 0.15) is 0 Å². The molecule has 4 aromatic rings. The lowest BCUT2D eigenvalue weighted by Gasteiger charge is -2.14. The first kappa shape index (κ1) is 23.6. The van der Waals surface area contributed by atoms with Crippen molar-refractivity contribution in [3.8, 4) is 40.0 Å². The van der Waals surface area contributed by atoms with Gasteiger partial charge in [0.2, 0.25) is 5.88 Å². The summed E-state index contributed by atoms with van der Waals surface area (Å²) >= 11 is 6.38. The Kier molecular flexibility index (Phi) is 6.24. The summed E-state index contributed by atoms with van der Waals surface area (Å²) in [6.45, 7) is 0. The predicted molar refractivity (Wildman–Crippen MR) is 129 cm³/mol. The van der Waals surface area contributed by atoms with Gasteiger partial charge in [-0.05, 0) is 24.3 Å². The molecule has 8 nitrogen and oxygen atoms in total. The number of aromatic nitrogens is 1. The molecule has 0 aliphatic heterocycles. The molecule has 0 spiro atoms. The van der Waals surface area contributed by atoms with Crippen LogP contribution in [0.3, 0.4) is 0 Å². The highest BCUT2D eigenvalue weighted by atomic mass is 35.5. The molecule has 0 bridgehead atoms. The van der Waals surface area contributed by atoms with Gasteiger partial charge in [0.05, 0.1) is 44.5 Å². The van der Waals surface area contributed by atoms with E-state index in [0.29, 0.717) is 22.4 Å². The van der Waals surface area contributed by atoms with Gasteiger partial charge >= 0.3 is 0 Å². The zero-order chi connectivity index (χ0) is 24.6. The Hall–Kier alpha value is -3.56. The van der Waals surface area contributed by atoms with Gasteiger partial charge < -0.3 is 24.1 Å². The molecule has 0 aliphatic rings. The minimum absolute atomic E-state index is 0.0559. The molecular formula is C24H22ClNO7S. The summed E-state index contributed by atoms with van der Waals surface area (Å²) in [4.78, 5) is -0.163. The third-order valence-electron chi connectivity index (χ3n) is 5.44. The molecule has 0 aliphatic carbocycles. The summed E-state index contributed by atoms with van der Waals surface area (Å²) in [5, 5.41) is 12.0. The maximum Gasteiger partial charge on any atom is 0.274 e. The Morgan fingerprint density at radius 2 is 1.50 bits per heavy atom. The van der Waals surface area contributed by atoms with E-state index in [2.05, 4.69) is 0 Å². The van der Waals surface area contributed by atoms with Gasteiger partial charge in [-0.2, -0.15) is 0 Å². The fourth-order valence-corrected chi connectivity index (χ4v) is 5.65. The van der Waals surface area contributed by atoms with Gasteiger partial charge in [-0.15, -0.1) is 0 Å². The molecule has 1 N–H and O–H groups in total. The second-order valence-electron chi connectivity index (χ2n) is 7.19. The SMILES string of the molecule is COc1ccc(S(=O)(=O)n2c(O)c(-c3ccccc3OC)c3cc(Cl)c(OC)cc32)c(OC)c1. The number of para-hydroxylation sites is 1. The number of nitrogens with zero attached hydrogens (tertiary/aromatic N) is 1. The lowest BCUT2D eigenvalue weighted by molar-refractivity contribution is 0.385. The number of fused-ring (bicyclic) bond motifs is 1. The molecule has 0 amide bonds. The van der Waals surface area contributed by atoms with Crippen molar-refractivity contribution >= 4 is 32.5 Å². The van der Waals surface area contributed by atoms with Crippen LogP contribution in [0, 0.1) is 0 Å². The number of ether oxygens (including phenoxy) is 4. The Bertz CT molecular complexity index is 1500. The quantitative estimate of drug-likeness (QED) is 0.381. The van der Waals surface area contributed by atoms with Crippen molar-refractivity contribution in [3.63, 3.8) is 0 Å². The molecule has 4 rings (SSSR count). The molecule has 3 aromatic carbocycles. The number of aromatic hydroxyl groups is 1. The van der Waals surface area contributed by atoms with Crippen molar-refractivity contribution in [1.29, 1.82) is 0 Å². The third kappa shape index (κ3) is 3.66. The van der Waals surface area contributed by atoms with Gasteiger partial charge in [0.25, 0.3) is 10.0 Å². The Labute approximate surface area is 201 Å². The van der Waals surface area contributed by atoms with E-state index in [1.165, 1.54) is 52.7 Å². The minimum atomic E-state index is -4.36. The Balaban J connectivity index is 2.13. The molecule has 0 fully saturated rings. The molecule has 0 radical (unpaired) electrons. The summed E-state index contributed by atoms with van der Waals surface area (Å²) in [7, 11) is 1.36. The summed E-state index contributed by atoms with van der Waals surface area (Å²) in [6, 6.07) is 14.3. The molecule has 0 atom stereocenters. The molecule has 178 valence electrons. The number of hydrogen-bond donors (Lipinski definition) is 1. The van der Waals surface area contributed by atoms with Crippen molar-refractivity contribution < 1.29 is 32.5 Å². The van der Waals surface area contributed by atoms with Crippen molar-refractivity contribution in [1.82, 2.24) is 3.97 Å². The van der Waals surface area contributed by atoms with Gasteiger partial charge in [-0.3, -0.25) is 0 Å². The number of rotatable bonds is 7. The van der Waals surface area contributed by atoms with E-state index in [-0.39, 0.29) is 32.5 Å². The van der Waals surface area contributed by atoms with Crippen LogP contribution in [-0.4, -0.2) is 45.9 Å². The Morgan fingerprint density at radius 3 is 2.15 bits per heavy atom. The molecular weight excluding hydrogens is 482 g/mol. The van der Waals surface area contributed by atoms with Crippen LogP contribution in [-0.2, 0) is 10.0 Å². The highest BCUT2D eigenvalue weighted by molar-refractivity contribution is 7.90. The van der Waals surface area contributed by atoms with Gasteiger partial charge in [0.1, 0.15) is 27.9 Å². The first-order chi connectivity index (χ1) is 16.3. The maximum absolute atomic E-state index is 13.9. The molecule has 1 aromatic heterocycles. The van der Waals surface area contributed by atoms with E-state index in [0.717, 1.165) is 3.97 Å². The largest absolute Gasteiger partial charge is 0.497 e. The second-order valence-corrected chi connectivity index (χ2v) is 9.35. The number of methoxy groups -OCH3 is 4. The molecule has 0 saturated heterocycles. The van der Waals surface area contributed by atoms with E-state index in [4.69, 9.17) is 30.5 Å². The smallest absolute Gasteiger partial charge is 0.274 e. The average molecular weight is 504 g/mol. The summed E-state index contributed by atoms with van der Waals surface area (Å²) < 4.78 is 49.9. The van der Waals surface area contributed by atoms with E-state index < -0.39 is 15.9 Å². The van der Waals surface area contributed by atoms with E-state index in [9.17, 15) is 13.5 Å². The summed E-state index contributed by atoms with van der Waals surface area (Å²) in [5.74, 6) is 0.655. The molecule has 0 saturated carbocycles. The zero-order valence-electron chi connectivity index (χ0n) is 18.8. The maximum atomic E-state index is 13.9. The highest BCUT2D eigenvalue weighted by Crippen LogP contribution is 2.47. The summed E-state index contributed by atoms with van der Waals surface area (Å²) in [6.07, 6.45) is 0. The fraction of sp³-hybridized carbons (Fsp3) is 0.167. The topological polar surface area (TPSA) is 96.2 Å². The van der Waals surface area contributed by atoms with Crippen LogP contribution in [0.5, 0.6) is 28.9 Å². The van der Waals surface area contributed by atoms with Crippen LogP contribution in [0.2, 0.25) is 5.02 Å². The molecule has 34 heavy (non-hydrogen) atoms. The van der Waals surface area contributed by atoms with E-state index in [1.807, 2.05) is 0 Å². The standard InChI is InChI=1S/C24H22ClNO7S/c1-30-14-9-10-22(21(11-14)33-4)34(28,29)26-18-13-20(32-3)17(25)12-16(18)23(24(26)27)15-7-5-6-8-19(15)31-2/h5-13,27H,1-4H3. The van der Waals surface area contributed by atoms with Gasteiger partial charge in [-0.1, -0.05) is 29.8 Å². The summed E-state index contributed by atoms with van der Waals surface area (Å²) in [5.41, 5.74) is 0.898. The zero-order valence-corrected chi connectivity index (χ0v) is 20.4. The van der Waals surface area contributed by atoms with Crippen molar-refractivity contribution in [2.75, 3.05) is 28.4 Å². The molecule has 0 unspecified atom stereocenters. The number of benzene rings is 3. The first-order valence-corrected chi connectivity index (χ1v) is 11.8. The van der Waals surface area contributed by atoms with Crippen molar-refractivity contribution in [3.05, 3.63) is 59.6 Å². The predicted octanol–water partition coefficient (Wildman–Crippen LogP) is 4.94. The Morgan fingerprint density at radius 1 is 0.824 bits per heavy atom.